The van der Waals surface area contributed by atoms with E-state index < -0.39 is 16.0 Å². The van der Waals surface area contributed by atoms with E-state index >= 15 is 0 Å². The number of esters is 1. The molecule has 0 saturated carbocycles. The fourth-order valence-electron chi connectivity index (χ4n) is 1.89. The fourth-order valence-corrected chi connectivity index (χ4v) is 3.49. The molecule has 0 aliphatic heterocycles. The van der Waals surface area contributed by atoms with Crippen molar-refractivity contribution in [2.45, 2.75) is 18.2 Å². The second kappa shape index (κ2) is 7.48. The third-order valence-corrected chi connectivity index (χ3v) is 4.82. The number of carbonyl (C=O) groups excluding carboxylic acids is 1. The number of halogens is 1. The predicted octanol–water partition coefficient (Wildman–Crippen LogP) is 3.71. The van der Waals surface area contributed by atoms with Crippen LogP contribution < -0.4 is 4.72 Å². The van der Waals surface area contributed by atoms with Gasteiger partial charge in [0, 0.05) is 0 Å². The van der Waals surface area contributed by atoms with Gasteiger partial charge in [0.1, 0.15) is 4.90 Å². The lowest BCUT2D eigenvalue weighted by Crippen LogP contribution is -2.17. The van der Waals surface area contributed by atoms with Crippen molar-refractivity contribution in [3.8, 4) is 0 Å². The van der Waals surface area contributed by atoms with Gasteiger partial charge in [-0.2, -0.15) is 0 Å². The van der Waals surface area contributed by atoms with Crippen molar-refractivity contribution >= 4 is 33.3 Å². The second-order valence-electron chi connectivity index (χ2n) is 4.72. The van der Waals surface area contributed by atoms with Gasteiger partial charge in [0.2, 0.25) is 0 Å². The Hall–Kier alpha value is -2.05. The Morgan fingerprint density at radius 1 is 1.13 bits per heavy atom. The third-order valence-electron chi connectivity index (χ3n) is 2.95. The van der Waals surface area contributed by atoms with E-state index in [1.807, 2.05) is 6.92 Å². The number of rotatable bonds is 6. The van der Waals surface area contributed by atoms with E-state index in [9.17, 15) is 13.2 Å². The Balaban J connectivity index is 2.34. The Labute approximate surface area is 140 Å². The first-order valence-corrected chi connectivity index (χ1v) is 8.85. The summed E-state index contributed by atoms with van der Waals surface area (Å²) in [4.78, 5) is 12.0. The highest BCUT2D eigenvalue weighted by Gasteiger charge is 2.21. The maximum atomic E-state index is 12.5. The summed E-state index contributed by atoms with van der Waals surface area (Å²) >= 11 is 5.94. The topological polar surface area (TPSA) is 72.5 Å². The normalized spacial score (nSPS) is 11.0. The summed E-state index contributed by atoms with van der Waals surface area (Å²) < 4.78 is 32.4. The van der Waals surface area contributed by atoms with Gasteiger partial charge in [0.25, 0.3) is 10.0 Å². The molecule has 0 fully saturated rings. The number of nitrogens with one attached hydrogen (secondary N) is 1. The number of hydrogen-bond donors (Lipinski definition) is 1. The maximum absolute atomic E-state index is 12.5. The molecular formula is C16H16ClNO4S. The van der Waals surface area contributed by atoms with E-state index in [0.29, 0.717) is 6.42 Å². The molecule has 0 aromatic heterocycles. The summed E-state index contributed by atoms with van der Waals surface area (Å²) in [5.41, 5.74) is 0.296. The summed E-state index contributed by atoms with van der Waals surface area (Å²) in [6, 6.07) is 12.3. The Morgan fingerprint density at radius 2 is 1.78 bits per heavy atom. The molecule has 5 nitrogen and oxygen atoms in total. The van der Waals surface area contributed by atoms with Crippen LogP contribution in [0, 0.1) is 0 Å². The SMILES string of the molecule is CCCOC(=O)c1ccccc1NS(=O)(=O)c1ccccc1Cl. The third kappa shape index (κ3) is 4.24. The molecule has 0 spiro atoms. The van der Waals surface area contributed by atoms with E-state index in [0.717, 1.165) is 0 Å². The van der Waals surface area contributed by atoms with Crippen LogP contribution in [0.1, 0.15) is 23.7 Å². The zero-order chi connectivity index (χ0) is 16.9. The molecule has 0 aliphatic rings. The zero-order valence-electron chi connectivity index (χ0n) is 12.5. The molecule has 0 atom stereocenters. The standard InChI is InChI=1S/C16H16ClNO4S/c1-2-11-22-16(19)12-7-3-5-9-14(12)18-23(20,21)15-10-6-4-8-13(15)17/h3-10,18H,2,11H2,1H3. The molecule has 7 heteroatoms. The van der Waals surface area contributed by atoms with Crippen LogP contribution in [0.15, 0.2) is 53.4 Å². The van der Waals surface area contributed by atoms with Crippen LogP contribution in [-0.4, -0.2) is 21.0 Å². The van der Waals surface area contributed by atoms with E-state index in [-0.39, 0.29) is 27.8 Å². The number of para-hydroxylation sites is 1. The number of carbonyl (C=O) groups is 1. The van der Waals surface area contributed by atoms with Gasteiger partial charge in [-0.25, -0.2) is 13.2 Å². The van der Waals surface area contributed by atoms with Crippen molar-refractivity contribution in [2.24, 2.45) is 0 Å². The summed E-state index contributed by atoms with van der Waals surface area (Å²) in [5, 5.41) is 0.103. The number of hydrogen-bond acceptors (Lipinski definition) is 4. The molecule has 0 amide bonds. The molecule has 2 aromatic carbocycles. The van der Waals surface area contributed by atoms with Gasteiger partial charge < -0.3 is 4.74 Å². The van der Waals surface area contributed by atoms with Crippen LogP contribution in [0.2, 0.25) is 5.02 Å². The van der Waals surface area contributed by atoms with Crippen LogP contribution >= 0.6 is 11.6 Å². The lowest BCUT2D eigenvalue weighted by atomic mass is 10.2. The molecule has 1 N–H and O–H groups in total. The summed E-state index contributed by atoms with van der Waals surface area (Å²) in [6.45, 7) is 2.14. The average molecular weight is 354 g/mol. The number of ether oxygens (including phenoxy) is 1. The number of benzene rings is 2. The van der Waals surface area contributed by atoms with Crippen LogP contribution in [0.25, 0.3) is 0 Å². The second-order valence-corrected chi connectivity index (χ2v) is 6.78. The molecule has 0 heterocycles. The van der Waals surface area contributed by atoms with Crippen molar-refractivity contribution in [1.82, 2.24) is 0 Å². The van der Waals surface area contributed by atoms with Gasteiger partial charge in [-0.15, -0.1) is 0 Å². The first-order valence-electron chi connectivity index (χ1n) is 6.99. The van der Waals surface area contributed by atoms with Gasteiger partial charge >= 0.3 is 5.97 Å². The fraction of sp³-hybridized carbons (Fsp3) is 0.188. The lowest BCUT2D eigenvalue weighted by Gasteiger charge is -2.12. The largest absolute Gasteiger partial charge is 0.462 e. The minimum Gasteiger partial charge on any atom is -0.462 e. The van der Waals surface area contributed by atoms with Gasteiger partial charge in [-0.1, -0.05) is 42.8 Å². The molecule has 0 bridgehead atoms. The van der Waals surface area contributed by atoms with Crippen molar-refractivity contribution in [3.63, 3.8) is 0 Å². The first kappa shape index (κ1) is 17.3. The summed E-state index contributed by atoms with van der Waals surface area (Å²) in [6.07, 6.45) is 0.680. The van der Waals surface area contributed by atoms with Crippen LogP contribution in [0.4, 0.5) is 5.69 Å². The minimum atomic E-state index is -3.91. The summed E-state index contributed by atoms with van der Waals surface area (Å²) in [5.74, 6) is -0.579. The number of sulfonamides is 1. The Morgan fingerprint density at radius 3 is 2.48 bits per heavy atom. The zero-order valence-corrected chi connectivity index (χ0v) is 14.0. The average Bonchev–Trinajstić information content (AvgIpc) is 2.53. The molecular weight excluding hydrogens is 338 g/mol. The number of anilines is 1. The van der Waals surface area contributed by atoms with E-state index in [1.165, 1.54) is 24.3 Å². The molecule has 23 heavy (non-hydrogen) atoms. The van der Waals surface area contributed by atoms with E-state index in [4.69, 9.17) is 16.3 Å². The minimum absolute atomic E-state index is 0.0570. The van der Waals surface area contributed by atoms with Gasteiger partial charge in [0.05, 0.1) is 22.9 Å². The first-order chi connectivity index (χ1) is 11.0. The van der Waals surface area contributed by atoms with Crippen LogP contribution in [0.5, 0.6) is 0 Å². The van der Waals surface area contributed by atoms with E-state index in [1.54, 1.807) is 24.3 Å². The van der Waals surface area contributed by atoms with Gasteiger partial charge in [0.15, 0.2) is 0 Å². The molecule has 2 rings (SSSR count). The highest BCUT2D eigenvalue weighted by molar-refractivity contribution is 7.92. The molecule has 0 unspecified atom stereocenters. The van der Waals surface area contributed by atoms with Crippen molar-refractivity contribution in [1.29, 1.82) is 0 Å². The Kier molecular flexibility index (Phi) is 5.63. The highest BCUT2D eigenvalue weighted by Crippen LogP contribution is 2.25. The molecule has 122 valence electrons. The van der Waals surface area contributed by atoms with Crippen molar-refractivity contribution < 1.29 is 17.9 Å². The quantitative estimate of drug-likeness (QED) is 0.803. The smallest absolute Gasteiger partial charge is 0.340 e. The molecule has 0 aliphatic carbocycles. The van der Waals surface area contributed by atoms with Crippen LogP contribution in [-0.2, 0) is 14.8 Å². The van der Waals surface area contributed by atoms with Gasteiger partial charge in [-0.05, 0) is 30.7 Å². The van der Waals surface area contributed by atoms with Crippen LogP contribution in [0.3, 0.4) is 0 Å². The molecule has 2 aromatic rings. The molecule has 0 saturated heterocycles. The van der Waals surface area contributed by atoms with Gasteiger partial charge in [-0.3, -0.25) is 4.72 Å². The van der Waals surface area contributed by atoms with Crippen molar-refractivity contribution in [3.05, 3.63) is 59.1 Å². The Bertz CT molecular complexity index is 805. The monoisotopic (exact) mass is 353 g/mol. The maximum Gasteiger partial charge on any atom is 0.340 e. The molecule has 0 radical (unpaired) electrons. The summed E-state index contributed by atoms with van der Waals surface area (Å²) in [7, 11) is -3.91. The van der Waals surface area contributed by atoms with E-state index in [2.05, 4.69) is 4.72 Å². The predicted molar refractivity (Wildman–Crippen MR) is 89.3 cm³/mol. The van der Waals surface area contributed by atoms with Crippen molar-refractivity contribution in [2.75, 3.05) is 11.3 Å². The lowest BCUT2D eigenvalue weighted by molar-refractivity contribution is 0.0506. The highest BCUT2D eigenvalue weighted by atomic mass is 35.5.